The lowest BCUT2D eigenvalue weighted by molar-refractivity contribution is 0.0102. The van der Waals surface area contributed by atoms with Crippen molar-refractivity contribution in [2.75, 3.05) is 25.4 Å². The molecular formula is C11H15ClN2O3S. The average molecular weight is 291 g/mol. The van der Waals surface area contributed by atoms with Gasteiger partial charge in [0, 0.05) is 18.1 Å². The van der Waals surface area contributed by atoms with Crippen LogP contribution in [0.15, 0.2) is 23.1 Å². The van der Waals surface area contributed by atoms with Crippen molar-refractivity contribution < 1.29 is 13.2 Å². The molecule has 1 saturated heterocycles. The van der Waals surface area contributed by atoms with Crippen molar-refractivity contribution in [2.45, 2.75) is 17.9 Å². The molecule has 2 N–H and O–H groups in total. The maximum atomic E-state index is 12.4. The molecule has 0 amide bonds. The monoisotopic (exact) mass is 290 g/mol. The Morgan fingerprint density at radius 3 is 2.89 bits per heavy atom. The summed E-state index contributed by atoms with van der Waals surface area (Å²) in [4.78, 5) is 0.0594. The second-order valence-corrected chi connectivity index (χ2v) is 6.57. The molecule has 0 aliphatic carbocycles. The van der Waals surface area contributed by atoms with Crippen molar-refractivity contribution in [3.05, 3.63) is 23.2 Å². The van der Waals surface area contributed by atoms with Crippen LogP contribution in [0.25, 0.3) is 0 Å². The SMILES string of the molecule is CC1CN(S(=O)(=O)c2cc(Cl)ccc2N)CCO1. The molecule has 1 aromatic rings. The second kappa shape index (κ2) is 5.05. The highest BCUT2D eigenvalue weighted by atomic mass is 35.5. The molecule has 0 aromatic heterocycles. The zero-order valence-electron chi connectivity index (χ0n) is 9.97. The predicted octanol–water partition coefficient (Wildman–Crippen LogP) is 1.33. The zero-order chi connectivity index (χ0) is 13.3. The Hall–Kier alpha value is -0.820. The summed E-state index contributed by atoms with van der Waals surface area (Å²) in [6.07, 6.45) is -0.117. The van der Waals surface area contributed by atoms with Gasteiger partial charge in [-0.25, -0.2) is 8.42 Å². The smallest absolute Gasteiger partial charge is 0.245 e. The maximum absolute atomic E-state index is 12.4. The third-order valence-electron chi connectivity index (χ3n) is 2.80. The molecule has 1 unspecified atom stereocenters. The third-order valence-corrected chi connectivity index (χ3v) is 4.95. The lowest BCUT2D eigenvalue weighted by Gasteiger charge is -2.30. The largest absolute Gasteiger partial charge is 0.398 e. The van der Waals surface area contributed by atoms with Gasteiger partial charge in [-0.15, -0.1) is 0 Å². The Morgan fingerprint density at radius 2 is 2.22 bits per heavy atom. The van der Waals surface area contributed by atoms with E-state index in [2.05, 4.69) is 0 Å². The number of nitrogen functional groups attached to an aromatic ring is 1. The minimum absolute atomic E-state index is 0.0594. The van der Waals surface area contributed by atoms with Crippen LogP contribution in [-0.4, -0.2) is 38.5 Å². The Balaban J connectivity index is 2.38. The summed E-state index contributed by atoms with van der Waals surface area (Å²) in [7, 11) is -3.60. The quantitative estimate of drug-likeness (QED) is 0.834. The van der Waals surface area contributed by atoms with Gasteiger partial charge in [0.05, 0.1) is 18.4 Å². The van der Waals surface area contributed by atoms with Crippen molar-refractivity contribution in [3.8, 4) is 0 Å². The van der Waals surface area contributed by atoms with E-state index in [1.54, 1.807) is 6.07 Å². The van der Waals surface area contributed by atoms with Crippen molar-refractivity contribution in [1.29, 1.82) is 0 Å². The van der Waals surface area contributed by atoms with Gasteiger partial charge in [0.1, 0.15) is 4.90 Å². The van der Waals surface area contributed by atoms with Crippen molar-refractivity contribution >= 4 is 27.3 Å². The number of ether oxygens (including phenoxy) is 1. The second-order valence-electron chi connectivity index (χ2n) is 4.23. The van der Waals surface area contributed by atoms with Gasteiger partial charge in [0.2, 0.25) is 10.0 Å². The molecule has 5 nitrogen and oxygen atoms in total. The summed E-state index contributed by atoms with van der Waals surface area (Å²) in [5, 5.41) is 0.351. The molecule has 2 rings (SSSR count). The molecule has 0 bridgehead atoms. The molecule has 1 fully saturated rings. The van der Waals surface area contributed by atoms with Gasteiger partial charge in [0.25, 0.3) is 0 Å². The fourth-order valence-corrected chi connectivity index (χ4v) is 3.75. The van der Waals surface area contributed by atoms with E-state index >= 15 is 0 Å². The van der Waals surface area contributed by atoms with Crippen LogP contribution in [0.3, 0.4) is 0 Å². The fourth-order valence-electron chi connectivity index (χ4n) is 1.88. The number of morpholine rings is 1. The Kier molecular flexibility index (Phi) is 3.82. The van der Waals surface area contributed by atoms with Crippen molar-refractivity contribution in [3.63, 3.8) is 0 Å². The number of nitrogens with two attached hydrogens (primary N) is 1. The Morgan fingerprint density at radius 1 is 1.50 bits per heavy atom. The number of rotatable bonds is 2. The molecule has 0 spiro atoms. The highest BCUT2D eigenvalue weighted by Gasteiger charge is 2.30. The van der Waals surface area contributed by atoms with Gasteiger partial charge in [-0.3, -0.25) is 0 Å². The molecule has 0 radical (unpaired) electrons. The first kappa shape index (κ1) is 13.6. The molecule has 18 heavy (non-hydrogen) atoms. The van der Waals surface area contributed by atoms with Crippen molar-refractivity contribution in [2.24, 2.45) is 0 Å². The van der Waals surface area contributed by atoms with Gasteiger partial charge >= 0.3 is 0 Å². The molecular weight excluding hydrogens is 276 g/mol. The lowest BCUT2D eigenvalue weighted by Crippen LogP contribution is -2.44. The maximum Gasteiger partial charge on any atom is 0.245 e. The number of sulfonamides is 1. The van der Waals surface area contributed by atoms with Crippen LogP contribution in [0.5, 0.6) is 0 Å². The van der Waals surface area contributed by atoms with Gasteiger partial charge in [-0.2, -0.15) is 4.31 Å². The number of nitrogens with zero attached hydrogens (tertiary/aromatic N) is 1. The zero-order valence-corrected chi connectivity index (χ0v) is 11.5. The van der Waals surface area contributed by atoms with Crippen molar-refractivity contribution in [1.82, 2.24) is 4.31 Å². The van der Waals surface area contributed by atoms with E-state index in [-0.39, 0.29) is 16.7 Å². The summed E-state index contributed by atoms with van der Waals surface area (Å²) in [5.41, 5.74) is 5.93. The first-order valence-electron chi connectivity index (χ1n) is 5.58. The number of halogens is 1. The number of hydrogen-bond donors (Lipinski definition) is 1. The highest BCUT2D eigenvalue weighted by Crippen LogP contribution is 2.26. The van der Waals surface area contributed by atoms with Crippen LogP contribution >= 0.6 is 11.6 Å². The topological polar surface area (TPSA) is 72.6 Å². The van der Waals surface area contributed by atoms with E-state index in [1.807, 2.05) is 6.92 Å². The minimum atomic E-state index is -3.60. The third kappa shape index (κ3) is 2.61. The molecule has 1 heterocycles. The van der Waals surface area contributed by atoms with Gasteiger partial charge in [0.15, 0.2) is 0 Å². The summed E-state index contributed by atoms with van der Waals surface area (Å²) in [6.45, 7) is 2.89. The number of benzene rings is 1. The van der Waals surface area contributed by atoms with Gasteiger partial charge in [-0.05, 0) is 25.1 Å². The number of anilines is 1. The summed E-state index contributed by atoms with van der Waals surface area (Å²) >= 11 is 5.83. The van der Waals surface area contributed by atoms with E-state index in [0.717, 1.165) is 0 Å². The van der Waals surface area contributed by atoms with Crippen LogP contribution < -0.4 is 5.73 Å². The van der Waals surface area contributed by atoms with E-state index in [4.69, 9.17) is 22.1 Å². The van der Waals surface area contributed by atoms with Gasteiger partial charge < -0.3 is 10.5 Å². The summed E-state index contributed by atoms with van der Waals surface area (Å²) in [5.74, 6) is 0. The molecule has 1 aliphatic heterocycles. The van der Waals surface area contributed by atoms with E-state index in [9.17, 15) is 8.42 Å². The standard InChI is InChI=1S/C11H15ClN2O3S/c1-8-7-14(4-5-17-8)18(15,16)11-6-9(12)2-3-10(11)13/h2-3,6,8H,4-5,7,13H2,1H3. The summed E-state index contributed by atoms with van der Waals surface area (Å²) < 4.78 is 31.6. The molecule has 100 valence electrons. The van der Waals surface area contributed by atoms with Crippen LogP contribution in [0.2, 0.25) is 5.02 Å². The lowest BCUT2D eigenvalue weighted by atomic mass is 10.3. The summed E-state index contributed by atoms with van der Waals surface area (Å²) in [6, 6.07) is 4.45. The fraction of sp³-hybridized carbons (Fsp3) is 0.455. The average Bonchev–Trinajstić information content (AvgIpc) is 2.32. The normalized spacial score (nSPS) is 22.0. The molecule has 0 saturated carbocycles. The Bertz CT molecular complexity index is 547. The first-order chi connectivity index (χ1) is 8.41. The van der Waals surface area contributed by atoms with E-state index in [1.165, 1.54) is 16.4 Å². The van der Waals surface area contributed by atoms with Crippen LogP contribution in [-0.2, 0) is 14.8 Å². The highest BCUT2D eigenvalue weighted by molar-refractivity contribution is 7.89. The van der Waals surface area contributed by atoms with Crippen LogP contribution in [0, 0.1) is 0 Å². The first-order valence-corrected chi connectivity index (χ1v) is 7.40. The van der Waals surface area contributed by atoms with E-state index < -0.39 is 10.0 Å². The molecule has 1 aliphatic rings. The molecule has 1 aromatic carbocycles. The Labute approximate surface area is 112 Å². The molecule has 1 atom stereocenters. The van der Waals surface area contributed by atoms with Crippen LogP contribution in [0.4, 0.5) is 5.69 Å². The predicted molar refractivity (Wildman–Crippen MR) is 70.0 cm³/mol. The minimum Gasteiger partial charge on any atom is -0.398 e. The molecule has 7 heteroatoms. The van der Waals surface area contributed by atoms with Crippen LogP contribution in [0.1, 0.15) is 6.92 Å². The van der Waals surface area contributed by atoms with Gasteiger partial charge in [-0.1, -0.05) is 11.6 Å². The number of hydrogen-bond acceptors (Lipinski definition) is 4. The van der Waals surface area contributed by atoms with E-state index in [0.29, 0.717) is 24.7 Å².